The lowest BCUT2D eigenvalue weighted by Crippen LogP contribution is -1.79. The van der Waals surface area contributed by atoms with Gasteiger partial charge in [0.2, 0.25) is 0 Å². The zero-order valence-electron chi connectivity index (χ0n) is 7.30. The van der Waals surface area contributed by atoms with E-state index in [0.29, 0.717) is 0 Å². The van der Waals surface area contributed by atoms with E-state index in [2.05, 4.69) is 22.0 Å². The van der Waals surface area contributed by atoms with Crippen LogP contribution in [0.3, 0.4) is 0 Å². The van der Waals surface area contributed by atoms with Crippen molar-refractivity contribution in [2.24, 2.45) is 0 Å². The molecule has 0 nitrogen and oxygen atoms in total. The summed E-state index contributed by atoms with van der Waals surface area (Å²) in [6, 6.07) is 15.2. The summed E-state index contributed by atoms with van der Waals surface area (Å²) in [6.07, 6.45) is 0. The second kappa shape index (κ2) is 3.93. The highest BCUT2D eigenvalue weighted by Gasteiger charge is 1.98. The second-order valence-corrected chi connectivity index (χ2v) is 3.85. The van der Waals surface area contributed by atoms with Crippen LogP contribution in [0.1, 0.15) is 0 Å². The third-order valence-corrected chi connectivity index (χ3v) is 2.43. The summed E-state index contributed by atoms with van der Waals surface area (Å²) >= 11 is 3.39. The van der Waals surface area contributed by atoms with Gasteiger partial charge >= 0.3 is 0 Å². The predicted molar refractivity (Wildman–Crippen MR) is 58.4 cm³/mol. The van der Waals surface area contributed by atoms with Gasteiger partial charge in [-0.25, -0.2) is 4.39 Å². The molecule has 2 heteroatoms. The summed E-state index contributed by atoms with van der Waals surface area (Å²) in [6.45, 7) is 0. The molecule has 0 bridgehead atoms. The molecule has 0 spiro atoms. The predicted octanol–water partition coefficient (Wildman–Crippen LogP) is 4.06. The van der Waals surface area contributed by atoms with Crippen LogP contribution in [0.15, 0.2) is 46.9 Å². The number of hydrogen-bond acceptors (Lipinski definition) is 0. The standard InChI is InChI=1S/C12H7BrF/c13-11-3-1-2-10(8-11)9-4-6-12(14)7-5-9/h1-6,8H. The third kappa shape index (κ3) is 2.02. The van der Waals surface area contributed by atoms with Gasteiger partial charge in [0, 0.05) is 10.5 Å². The van der Waals surface area contributed by atoms with E-state index < -0.39 is 0 Å². The molecule has 14 heavy (non-hydrogen) atoms. The first kappa shape index (κ1) is 9.41. The smallest absolute Gasteiger partial charge is 0.131 e. The van der Waals surface area contributed by atoms with E-state index in [1.54, 1.807) is 12.1 Å². The number of hydrogen-bond donors (Lipinski definition) is 0. The Bertz CT molecular complexity index is 434. The van der Waals surface area contributed by atoms with Crippen LogP contribution in [-0.2, 0) is 0 Å². The molecule has 0 N–H and O–H groups in total. The second-order valence-electron chi connectivity index (χ2n) is 2.94. The Kier molecular flexibility index (Phi) is 2.64. The Morgan fingerprint density at radius 1 is 1.07 bits per heavy atom. The van der Waals surface area contributed by atoms with Crippen LogP contribution in [0, 0.1) is 11.9 Å². The summed E-state index contributed by atoms with van der Waals surface area (Å²) in [4.78, 5) is 0. The van der Waals surface area contributed by atoms with Crippen molar-refractivity contribution in [3.8, 4) is 11.1 Å². The highest BCUT2D eigenvalue weighted by atomic mass is 79.9. The maximum Gasteiger partial charge on any atom is 0.131 e. The summed E-state index contributed by atoms with van der Waals surface area (Å²) in [5.74, 6) is -0.330. The van der Waals surface area contributed by atoms with Gasteiger partial charge in [-0.15, -0.1) is 0 Å². The lowest BCUT2D eigenvalue weighted by atomic mass is 10.1. The Hall–Kier alpha value is -1.15. The van der Waals surface area contributed by atoms with E-state index in [1.165, 1.54) is 6.07 Å². The molecule has 0 saturated carbocycles. The molecule has 0 fully saturated rings. The molecule has 1 radical (unpaired) electrons. The Morgan fingerprint density at radius 3 is 2.57 bits per heavy atom. The molecule has 0 saturated heterocycles. The highest BCUT2D eigenvalue weighted by Crippen LogP contribution is 2.22. The first-order chi connectivity index (χ1) is 6.75. The fourth-order valence-corrected chi connectivity index (χ4v) is 1.65. The molecule has 0 amide bonds. The van der Waals surface area contributed by atoms with E-state index in [4.69, 9.17) is 0 Å². The number of rotatable bonds is 1. The van der Waals surface area contributed by atoms with E-state index in [-0.39, 0.29) is 5.82 Å². The molecule has 2 rings (SSSR count). The quantitative estimate of drug-likeness (QED) is 0.716. The van der Waals surface area contributed by atoms with Crippen LogP contribution >= 0.6 is 15.9 Å². The van der Waals surface area contributed by atoms with Gasteiger partial charge in [-0.2, -0.15) is 0 Å². The van der Waals surface area contributed by atoms with Gasteiger partial charge in [0.25, 0.3) is 0 Å². The molecule has 0 atom stereocenters. The molecule has 69 valence electrons. The van der Waals surface area contributed by atoms with Gasteiger partial charge in [0.1, 0.15) is 5.82 Å². The van der Waals surface area contributed by atoms with Crippen LogP contribution in [-0.4, -0.2) is 0 Å². The average Bonchev–Trinajstić information content (AvgIpc) is 2.19. The van der Waals surface area contributed by atoms with E-state index >= 15 is 0 Å². The topological polar surface area (TPSA) is 0 Å². The summed E-state index contributed by atoms with van der Waals surface area (Å²) in [7, 11) is 0. The molecule has 0 aromatic heterocycles. The minimum Gasteiger partial charge on any atom is -0.206 e. The lowest BCUT2D eigenvalue weighted by Gasteiger charge is -2.01. The maximum absolute atomic E-state index is 12.6. The normalized spacial score (nSPS) is 10.1. The zero-order chi connectivity index (χ0) is 9.97. The van der Waals surface area contributed by atoms with Gasteiger partial charge in [0.05, 0.1) is 0 Å². The Balaban J connectivity index is 2.44. The average molecular weight is 250 g/mol. The van der Waals surface area contributed by atoms with Crippen molar-refractivity contribution >= 4 is 15.9 Å². The van der Waals surface area contributed by atoms with Crippen molar-refractivity contribution in [2.45, 2.75) is 0 Å². The summed E-state index contributed by atoms with van der Waals surface area (Å²) < 4.78 is 13.6. The van der Waals surface area contributed by atoms with E-state index in [9.17, 15) is 4.39 Å². The van der Waals surface area contributed by atoms with Crippen molar-refractivity contribution in [2.75, 3.05) is 0 Å². The largest absolute Gasteiger partial charge is 0.206 e. The highest BCUT2D eigenvalue weighted by molar-refractivity contribution is 9.10. The van der Waals surface area contributed by atoms with Crippen molar-refractivity contribution in [1.82, 2.24) is 0 Å². The minimum absolute atomic E-state index is 0.330. The van der Waals surface area contributed by atoms with Gasteiger partial charge in [-0.05, 0) is 35.4 Å². The van der Waals surface area contributed by atoms with Crippen LogP contribution in [0.5, 0.6) is 0 Å². The monoisotopic (exact) mass is 249 g/mol. The SMILES string of the molecule is Fc1[c]cc(-c2cccc(Br)c2)cc1. The maximum atomic E-state index is 12.6. The molecule has 0 heterocycles. The summed E-state index contributed by atoms with van der Waals surface area (Å²) in [5, 5.41) is 0. The lowest BCUT2D eigenvalue weighted by molar-refractivity contribution is 0.626. The summed E-state index contributed by atoms with van der Waals surface area (Å²) in [5.41, 5.74) is 2.02. The molecular weight excluding hydrogens is 243 g/mol. The van der Waals surface area contributed by atoms with Crippen LogP contribution in [0.2, 0.25) is 0 Å². The molecule has 0 unspecified atom stereocenters. The van der Waals surface area contributed by atoms with Crippen molar-refractivity contribution in [3.63, 3.8) is 0 Å². The van der Waals surface area contributed by atoms with Gasteiger partial charge in [-0.3, -0.25) is 0 Å². The van der Waals surface area contributed by atoms with Crippen LogP contribution in [0.25, 0.3) is 11.1 Å². The fourth-order valence-electron chi connectivity index (χ4n) is 1.25. The fraction of sp³-hybridized carbons (Fsp3) is 0. The molecule has 2 aromatic carbocycles. The first-order valence-corrected chi connectivity index (χ1v) is 4.98. The Labute approximate surface area is 90.5 Å². The van der Waals surface area contributed by atoms with Gasteiger partial charge < -0.3 is 0 Å². The van der Waals surface area contributed by atoms with Gasteiger partial charge in [0.15, 0.2) is 0 Å². The van der Waals surface area contributed by atoms with Crippen LogP contribution in [0.4, 0.5) is 4.39 Å². The molecule has 0 aliphatic rings. The first-order valence-electron chi connectivity index (χ1n) is 4.19. The molecule has 2 aromatic rings. The molecular formula is C12H7BrF. The van der Waals surface area contributed by atoms with E-state index in [0.717, 1.165) is 15.6 Å². The van der Waals surface area contributed by atoms with Crippen molar-refractivity contribution in [3.05, 3.63) is 58.8 Å². The Morgan fingerprint density at radius 2 is 1.93 bits per heavy atom. The third-order valence-electron chi connectivity index (χ3n) is 1.93. The zero-order valence-corrected chi connectivity index (χ0v) is 8.88. The van der Waals surface area contributed by atoms with Crippen molar-refractivity contribution < 1.29 is 4.39 Å². The minimum atomic E-state index is -0.330. The molecule has 0 aliphatic carbocycles. The molecule has 0 aliphatic heterocycles. The van der Waals surface area contributed by atoms with Crippen molar-refractivity contribution in [1.29, 1.82) is 0 Å². The van der Waals surface area contributed by atoms with E-state index in [1.807, 2.05) is 24.3 Å². The number of halogens is 2. The van der Waals surface area contributed by atoms with Crippen LogP contribution < -0.4 is 0 Å². The number of benzene rings is 2. The van der Waals surface area contributed by atoms with Gasteiger partial charge in [-0.1, -0.05) is 34.1 Å².